The van der Waals surface area contributed by atoms with Crippen molar-refractivity contribution >= 4 is 33.2 Å². The van der Waals surface area contributed by atoms with E-state index in [0.29, 0.717) is 17.8 Å². The first-order valence-corrected chi connectivity index (χ1v) is 8.68. The van der Waals surface area contributed by atoms with Gasteiger partial charge in [0.2, 0.25) is 0 Å². The minimum atomic E-state index is -0.579. The predicted molar refractivity (Wildman–Crippen MR) is 103 cm³/mol. The van der Waals surface area contributed by atoms with Gasteiger partial charge < -0.3 is 10.2 Å². The topological polar surface area (TPSA) is 76.7 Å². The first kappa shape index (κ1) is 18.3. The Kier molecular flexibility index (Phi) is 5.20. The lowest BCUT2D eigenvalue weighted by Gasteiger charge is -2.11. The Morgan fingerprint density at radius 3 is 2.88 bits per heavy atom. The van der Waals surface area contributed by atoms with Crippen molar-refractivity contribution in [2.24, 2.45) is 10.9 Å². The molecule has 3 rings (SSSR count). The zero-order valence-electron chi connectivity index (χ0n) is 14.3. The molecule has 1 aliphatic rings. The van der Waals surface area contributed by atoms with Gasteiger partial charge in [-0.3, -0.25) is 9.79 Å². The molecule has 0 unspecified atom stereocenters. The Morgan fingerprint density at radius 1 is 1.38 bits per heavy atom. The van der Waals surface area contributed by atoms with Crippen LogP contribution >= 0.6 is 15.9 Å². The number of nitrogens with two attached hydrogens (primary N) is 1. The summed E-state index contributed by atoms with van der Waals surface area (Å²) in [5, 5.41) is 2.76. The number of amides is 1. The van der Waals surface area contributed by atoms with Gasteiger partial charge in [-0.2, -0.15) is 5.90 Å². The van der Waals surface area contributed by atoms with E-state index < -0.39 is 11.7 Å². The second kappa shape index (κ2) is 7.39. The normalized spacial score (nSPS) is 13.3. The number of aryl methyl sites for hydroxylation is 1. The van der Waals surface area contributed by atoms with Crippen molar-refractivity contribution in [1.29, 1.82) is 0 Å². The second-order valence-corrected chi connectivity index (χ2v) is 6.84. The monoisotopic (exact) mass is 417 g/mol. The van der Waals surface area contributed by atoms with Crippen LogP contribution in [0.3, 0.4) is 0 Å². The Hall–Kier alpha value is -2.51. The van der Waals surface area contributed by atoms with Crippen molar-refractivity contribution in [3.8, 4) is 0 Å². The zero-order chi connectivity index (χ0) is 18.8. The summed E-state index contributed by atoms with van der Waals surface area (Å²) in [7, 11) is 0. The average molecular weight is 418 g/mol. The fraction of sp³-hybridized carbons (Fsp3) is 0.158. The van der Waals surface area contributed by atoms with Crippen molar-refractivity contribution in [3.63, 3.8) is 0 Å². The maximum absolute atomic E-state index is 14.3. The summed E-state index contributed by atoms with van der Waals surface area (Å²) in [5.74, 6) is 4.01. The molecule has 0 atom stereocenters. The molecule has 0 saturated heterocycles. The lowest BCUT2D eigenvalue weighted by Crippen LogP contribution is -2.16. The van der Waals surface area contributed by atoms with E-state index >= 15 is 0 Å². The van der Waals surface area contributed by atoms with Gasteiger partial charge in [-0.05, 0) is 59.1 Å². The third-order valence-electron chi connectivity index (χ3n) is 4.18. The van der Waals surface area contributed by atoms with Crippen molar-refractivity contribution in [1.82, 2.24) is 0 Å². The second-order valence-electron chi connectivity index (χ2n) is 5.98. The van der Waals surface area contributed by atoms with Crippen LogP contribution in [0.2, 0.25) is 0 Å². The first-order valence-electron chi connectivity index (χ1n) is 7.88. The highest BCUT2D eigenvalue weighted by Gasteiger charge is 2.20. The standard InChI is InChI=1S/C19H17BrFN3O2/c1-10-3-6-15(20)17(21)16(10)19(25)24-13-5-4-12-8-23-18(14(12)7-13)11(2)9-26-22/h3-7,9H,8,22H2,1-2H3,(H,24,25)/b11-9+. The number of rotatable bonds is 4. The number of aliphatic imine (C=N–C) groups is 1. The zero-order valence-corrected chi connectivity index (χ0v) is 15.9. The van der Waals surface area contributed by atoms with Gasteiger partial charge in [-0.1, -0.05) is 12.1 Å². The molecule has 3 N–H and O–H groups in total. The average Bonchev–Trinajstić information content (AvgIpc) is 3.02. The Morgan fingerprint density at radius 2 is 2.15 bits per heavy atom. The Bertz CT molecular complexity index is 954. The quantitative estimate of drug-likeness (QED) is 0.576. The molecule has 0 radical (unpaired) electrons. The molecule has 7 heteroatoms. The number of nitrogens with one attached hydrogen (secondary N) is 1. The van der Waals surface area contributed by atoms with Crippen LogP contribution in [0, 0.1) is 12.7 Å². The van der Waals surface area contributed by atoms with E-state index in [4.69, 9.17) is 5.90 Å². The van der Waals surface area contributed by atoms with Crippen LogP contribution in [0.4, 0.5) is 10.1 Å². The number of nitrogens with zero attached hydrogens (tertiary/aromatic N) is 1. The summed E-state index contributed by atoms with van der Waals surface area (Å²) in [5.41, 5.74) is 4.60. The SMILES string of the molecule is C/C(=C\ON)C1=NCc2ccc(NC(=O)c3c(C)ccc(Br)c3F)cc21. The predicted octanol–water partition coefficient (Wildman–Crippen LogP) is 4.25. The van der Waals surface area contributed by atoms with Gasteiger partial charge in [0.05, 0.1) is 22.3 Å². The molecule has 0 aliphatic carbocycles. The number of allylic oxidation sites excluding steroid dienone is 1. The molecule has 26 heavy (non-hydrogen) atoms. The van der Waals surface area contributed by atoms with Gasteiger partial charge in [-0.25, -0.2) is 4.39 Å². The van der Waals surface area contributed by atoms with Gasteiger partial charge in [0.1, 0.15) is 12.1 Å². The van der Waals surface area contributed by atoms with Gasteiger partial charge in [0.25, 0.3) is 5.91 Å². The highest BCUT2D eigenvalue weighted by molar-refractivity contribution is 9.10. The van der Waals surface area contributed by atoms with E-state index in [0.717, 1.165) is 22.4 Å². The fourth-order valence-electron chi connectivity index (χ4n) is 2.88. The highest BCUT2D eigenvalue weighted by atomic mass is 79.9. The summed E-state index contributed by atoms with van der Waals surface area (Å²) in [4.78, 5) is 21.6. The molecule has 1 amide bonds. The Balaban J connectivity index is 1.90. The van der Waals surface area contributed by atoms with E-state index in [1.165, 1.54) is 6.26 Å². The summed E-state index contributed by atoms with van der Waals surface area (Å²) in [6.45, 7) is 4.08. The molecule has 1 aliphatic heterocycles. The van der Waals surface area contributed by atoms with E-state index in [2.05, 4.69) is 31.1 Å². The molecular formula is C19H17BrFN3O2. The summed E-state index contributed by atoms with van der Waals surface area (Å²) in [6.07, 6.45) is 1.42. The van der Waals surface area contributed by atoms with Crippen LogP contribution in [-0.4, -0.2) is 11.6 Å². The van der Waals surface area contributed by atoms with Crippen molar-refractivity contribution in [3.05, 3.63) is 74.7 Å². The number of hydrogen-bond acceptors (Lipinski definition) is 4. The number of anilines is 1. The number of halogens is 2. The van der Waals surface area contributed by atoms with Gasteiger partial charge in [0.15, 0.2) is 0 Å². The molecule has 0 fully saturated rings. The summed E-state index contributed by atoms with van der Waals surface area (Å²) < 4.78 is 14.6. The number of carbonyl (C=O) groups is 1. The first-order chi connectivity index (χ1) is 12.4. The third-order valence-corrected chi connectivity index (χ3v) is 4.79. The largest absolute Gasteiger partial charge is 0.419 e. The van der Waals surface area contributed by atoms with Crippen LogP contribution in [0.15, 0.2) is 51.6 Å². The molecule has 2 aromatic rings. The molecular weight excluding hydrogens is 401 g/mol. The van der Waals surface area contributed by atoms with Gasteiger partial charge in [0, 0.05) is 16.8 Å². The minimum absolute atomic E-state index is 0.0152. The molecule has 134 valence electrons. The molecule has 0 spiro atoms. The molecule has 1 heterocycles. The Labute approximate surface area is 158 Å². The number of hydrogen-bond donors (Lipinski definition) is 2. The number of benzene rings is 2. The lowest BCUT2D eigenvalue weighted by molar-refractivity contribution is 0.102. The number of carbonyl (C=O) groups excluding carboxylic acids is 1. The van der Waals surface area contributed by atoms with Crippen LogP contribution < -0.4 is 11.2 Å². The van der Waals surface area contributed by atoms with Crippen LogP contribution in [0.1, 0.15) is 34.0 Å². The summed E-state index contributed by atoms with van der Waals surface area (Å²) >= 11 is 3.11. The van der Waals surface area contributed by atoms with Crippen molar-refractivity contribution in [2.75, 3.05) is 5.32 Å². The van der Waals surface area contributed by atoms with E-state index in [1.807, 2.05) is 19.1 Å². The fourth-order valence-corrected chi connectivity index (χ4v) is 3.21. The van der Waals surface area contributed by atoms with Gasteiger partial charge in [-0.15, -0.1) is 0 Å². The third kappa shape index (κ3) is 3.40. The van der Waals surface area contributed by atoms with E-state index in [-0.39, 0.29) is 10.0 Å². The van der Waals surface area contributed by atoms with Crippen molar-refractivity contribution in [2.45, 2.75) is 20.4 Å². The molecule has 0 aromatic heterocycles. The molecule has 5 nitrogen and oxygen atoms in total. The number of fused-ring (bicyclic) bond motifs is 1. The highest BCUT2D eigenvalue weighted by Crippen LogP contribution is 2.27. The maximum atomic E-state index is 14.3. The molecule has 2 aromatic carbocycles. The minimum Gasteiger partial charge on any atom is -0.419 e. The maximum Gasteiger partial charge on any atom is 0.258 e. The van der Waals surface area contributed by atoms with E-state index in [1.54, 1.807) is 25.1 Å². The van der Waals surface area contributed by atoms with Gasteiger partial charge >= 0.3 is 0 Å². The van der Waals surface area contributed by atoms with Crippen LogP contribution in [0.25, 0.3) is 0 Å². The van der Waals surface area contributed by atoms with Crippen molar-refractivity contribution < 1.29 is 14.0 Å². The lowest BCUT2D eigenvalue weighted by atomic mass is 10.0. The summed E-state index contributed by atoms with van der Waals surface area (Å²) in [6, 6.07) is 8.75. The molecule has 0 saturated carbocycles. The van der Waals surface area contributed by atoms with E-state index in [9.17, 15) is 9.18 Å². The van der Waals surface area contributed by atoms with Crippen LogP contribution in [-0.2, 0) is 11.4 Å². The molecule has 0 bridgehead atoms. The van der Waals surface area contributed by atoms with Crippen LogP contribution in [0.5, 0.6) is 0 Å². The smallest absolute Gasteiger partial charge is 0.258 e.